The SMILES string of the molecule is Cc1n(C(C)(C)CC(C)(C)C)cc[n+]1C. The van der Waals surface area contributed by atoms with Gasteiger partial charge in [0.1, 0.15) is 17.9 Å². The topological polar surface area (TPSA) is 8.81 Å². The van der Waals surface area contributed by atoms with Crippen molar-refractivity contribution in [2.45, 2.75) is 53.5 Å². The van der Waals surface area contributed by atoms with E-state index in [4.69, 9.17) is 0 Å². The van der Waals surface area contributed by atoms with Crippen LogP contribution in [0.5, 0.6) is 0 Å². The average molecular weight is 209 g/mol. The van der Waals surface area contributed by atoms with Crippen molar-refractivity contribution >= 4 is 0 Å². The highest BCUT2D eigenvalue weighted by Crippen LogP contribution is 2.32. The van der Waals surface area contributed by atoms with Crippen LogP contribution in [-0.4, -0.2) is 4.57 Å². The Labute approximate surface area is 93.9 Å². The molecule has 0 saturated carbocycles. The molecular formula is C13H25N2+. The summed E-state index contributed by atoms with van der Waals surface area (Å²) in [6.07, 6.45) is 5.48. The van der Waals surface area contributed by atoms with Gasteiger partial charge in [-0.1, -0.05) is 20.8 Å². The molecule has 2 nitrogen and oxygen atoms in total. The van der Waals surface area contributed by atoms with Crippen LogP contribution in [0, 0.1) is 12.3 Å². The molecule has 0 unspecified atom stereocenters. The zero-order valence-corrected chi connectivity index (χ0v) is 11.3. The van der Waals surface area contributed by atoms with E-state index in [-0.39, 0.29) is 5.54 Å². The van der Waals surface area contributed by atoms with Gasteiger partial charge in [-0.05, 0) is 25.7 Å². The van der Waals surface area contributed by atoms with Crippen LogP contribution in [-0.2, 0) is 12.6 Å². The van der Waals surface area contributed by atoms with E-state index in [1.165, 1.54) is 12.2 Å². The molecule has 0 radical (unpaired) electrons. The largest absolute Gasteiger partial charge is 0.253 e. The summed E-state index contributed by atoms with van der Waals surface area (Å²) in [6.45, 7) is 13.7. The monoisotopic (exact) mass is 209 g/mol. The summed E-state index contributed by atoms with van der Waals surface area (Å²) in [4.78, 5) is 0. The summed E-state index contributed by atoms with van der Waals surface area (Å²) in [5, 5.41) is 0. The van der Waals surface area contributed by atoms with Crippen LogP contribution in [0.25, 0.3) is 0 Å². The Morgan fingerprint density at radius 2 is 1.73 bits per heavy atom. The number of aryl methyl sites for hydroxylation is 1. The van der Waals surface area contributed by atoms with E-state index in [0.29, 0.717) is 5.41 Å². The average Bonchev–Trinajstić information content (AvgIpc) is 2.27. The third kappa shape index (κ3) is 2.83. The van der Waals surface area contributed by atoms with Crippen LogP contribution in [0.15, 0.2) is 12.4 Å². The molecule has 0 saturated heterocycles. The molecule has 0 amide bonds. The standard InChI is InChI=1S/C13H25N2/c1-11-14(7)8-9-15(11)13(5,6)10-12(2,3)4/h8-9H,10H2,1-7H3/q+1. The molecule has 1 rings (SSSR count). The maximum Gasteiger partial charge on any atom is 0.253 e. The third-order valence-electron chi connectivity index (χ3n) is 2.91. The highest BCUT2D eigenvalue weighted by atomic mass is 15.2. The van der Waals surface area contributed by atoms with E-state index in [0.717, 1.165) is 0 Å². The lowest BCUT2D eigenvalue weighted by Crippen LogP contribution is -2.36. The minimum atomic E-state index is 0.184. The van der Waals surface area contributed by atoms with Crippen LogP contribution >= 0.6 is 0 Å². The minimum absolute atomic E-state index is 0.184. The smallest absolute Gasteiger partial charge is 0.237 e. The zero-order valence-electron chi connectivity index (χ0n) is 11.3. The molecule has 86 valence electrons. The van der Waals surface area contributed by atoms with Gasteiger partial charge in [-0.3, -0.25) is 0 Å². The molecule has 0 aliphatic rings. The Kier molecular flexibility index (Phi) is 2.99. The van der Waals surface area contributed by atoms with Crippen molar-refractivity contribution in [3.8, 4) is 0 Å². The van der Waals surface area contributed by atoms with Gasteiger partial charge in [-0.15, -0.1) is 0 Å². The Bertz CT molecular complexity index is 340. The summed E-state index contributed by atoms with van der Waals surface area (Å²) in [5.41, 5.74) is 0.544. The van der Waals surface area contributed by atoms with Gasteiger partial charge in [0.05, 0.1) is 7.05 Å². The van der Waals surface area contributed by atoms with Gasteiger partial charge in [-0.25, -0.2) is 9.13 Å². The molecular weight excluding hydrogens is 184 g/mol. The van der Waals surface area contributed by atoms with E-state index < -0.39 is 0 Å². The summed E-state index contributed by atoms with van der Waals surface area (Å²) in [7, 11) is 2.10. The number of hydrogen-bond acceptors (Lipinski definition) is 0. The fourth-order valence-corrected chi connectivity index (χ4v) is 2.58. The Balaban J connectivity index is 3.01. The molecule has 0 N–H and O–H groups in total. The summed E-state index contributed by atoms with van der Waals surface area (Å²) < 4.78 is 4.54. The predicted molar refractivity (Wildman–Crippen MR) is 63.7 cm³/mol. The minimum Gasteiger partial charge on any atom is -0.237 e. The van der Waals surface area contributed by atoms with Gasteiger partial charge in [0.25, 0.3) is 5.82 Å². The number of imidazole rings is 1. The number of aromatic nitrogens is 2. The van der Waals surface area contributed by atoms with Crippen molar-refractivity contribution < 1.29 is 4.57 Å². The van der Waals surface area contributed by atoms with E-state index >= 15 is 0 Å². The molecule has 0 aliphatic heterocycles. The van der Waals surface area contributed by atoms with Crippen molar-refractivity contribution in [2.75, 3.05) is 0 Å². The summed E-state index contributed by atoms with van der Waals surface area (Å²) in [5.74, 6) is 1.31. The van der Waals surface area contributed by atoms with Gasteiger partial charge < -0.3 is 0 Å². The van der Waals surface area contributed by atoms with E-state index in [1.54, 1.807) is 0 Å². The first-order valence-corrected chi connectivity index (χ1v) is 5.67. The maximum absolute atomic E-state index is 2.37. The van der Waals surface area contributed by atoms with Gasteiger partial charge >= 0.3 is 0 Å². The van der Waals surface area contributed by atoms with Crippen LogP contribution in [0.4, 0.5) is 0 Å². The second-order valence-electron chi connectivity index (χ2n) is 6.38. The van der Waals surface area contributed by atoms with Crippen molar-refractivity contribution in [2.24, 2.45) is 12.5 Å². The second-order valence-corrected chi connectivity index (χ2v) is 6.38. The Morgan fingerprint density at radius 1 is 1.20 bits per heavy atom. The second kappa shape index (κ2) is 3.66. The van der Waals surface area contributed by atoms with E-state index in [1.807, 2.05) is 0 Å². The highest BCUT2D eigenvalue weighted by molar-refractivity contribution is 4.92. The lowest BCUT2D eigenvalue weighted by atomic mass is 9.81. The Hall–Kier alpha value is -0.790. The maximum atomic E-state index is 2.37. The molecule has 2 heteroatoms. The first-order valence-electron chi connectivity index (χ1n) is 5.67. The first kappa shape index (κ1) is 12.3. The van der Waals surface area contributed by atoms with Crippen molar-refractivity contribution in [1.82, 2.24) is 4.57 Å². The molecule has 15 heavy (non-hydrogen) atoms. The summed E-state index contributed by atoms with van der Waals surface area (Å²) in [6, 6.07) is 0. The molecule has 1 aromatic rings. The number of hydrogen-bond donors (Lipinski definition) is 0. The molecule has 0 aliphatic carbocycles. The van der Waals surface area contributed by atoms with Crippen LogP contribution in [0.3, 0.4) is 0 Å². The van der Waals surface area contributed by atoms with Crippen LogP contribution < -0.4 is 4.57 Å². The molecule has 0 aromatic carbocycles. The normalized spacial score (nSPS) is 13.3. The van der Waals surface area contributed by atoms with Crippen molar-refractivity contribution in [1.29, 1.82) is 0 Å². The molecule has 0 fully saturated rings. The van der Waals surface area contributed by atoms with Gasteiger partial charge in [0.2, 0.25) is 0 Å². The quantitative estimate of drug-likeness (QED) is 0.662. The fourth-order valence-electron chi connectivity index (χ4n) is 2.58. The molecule has 1 heterocycles. The van der Waals surface area contributed by atoms with Crippen molar-refractivity contribution in [3.05, 3.63) is 18.2 Å². The number of nitrogens with zero attached hydrogens (tertiary/aromatic N) is 2. The lowest BCUT2D eigenvalue weighted by Gasteiger charge is -2.30. The molecule has 0 spiro atoms. The highest BCUT2D eigenvalue weighted by Gasteiger charge is 2.32. The zero-order chi connectivity index (χ0) is 11.9. The lowest BCUT2D eigenvalue weighted by molar-refractivity contribution is -0.677. The van der Waals surface area contributed by atoms with Gasteiger partial charge in [0, 0.05) is 6.92 Å². The molecule has 0 bridgehead atoms. The van der Waals surface area contributed by atoms with E-state index in [2.05, 4.69) is 70.1 Å². The van der Waals surface area contributed by atoms with Crippen molar-refractivity contribution in [3.63, 3.8) is 0 Å². The molecule has 0 atom stereocenters. The summed E-state index contributed by atoms with van der Waals surface area (Å²) >= 11 is 0. The third-order valence-corrected chi connectivity index (χ3v) is 2.91. The predicted octanol–water partition coefficient (Wildman–Crippen LogP) is 2.79. The van der Waals surface area contributed by atoms with Crippen LogP contribution in [0.1, 0.15) is 46.9 Å². The van der Waals surface area contributed by atoms with Crippen LogP contribution in [0.2, 0.25) is 0 Å². The van der Waals surface area contributed by atoms with Gasteiger partial charge in [-0.2, -0.15) is 0 Å². The molecule has 1 aromatic heterocycles. The number of rotatable bonds is 2. The first-order chi connectivity index (χ1) is 6.63. The Morgan fingerprint density at radius 3 is 2.07 bits per heavy atom. The fraction of sp³-hybridized carbons (Fsp3) is 0.769. The van der Waals surface area contributed by atoms with Gasteiger partial charge in [0.15, 0.2) is 0 Å². The van der Waals surface area contributed by atoms with E-state index in [9.17, 15) is 0 Å².